The standard InChI is InChI=1S/C21H36N4O.HI/c1-16(2)9-7-10-17(3)24-21(22-4)23-14-13-18-11-8-12-19(15-18)20(26)25(5)6;/h8,11-12,15-17H,7,9-10,13-14H2,1-6H3,(H2,22,23,24);1H. The van der Waals surface area contributed by atoms with Crippen LogP contribution in [0.25, 0.3) is 0 Å². The molecule has 154 valence electrons. The molecule has 27 heavy (non-hydrogen) atoms. The van der Waals surface area contributed by atoms with E-state index in [-0.39, 0.29) is 29.9 Å². The van der Waals surface area contributed by atoms with Gasteiger partial charge < -0.3 is 15.5 Å². The smallest absolute Gasteiger partial charge is 0.253 e. The topological polar surface area (TPSA) is 56.7 Å². The van der Waals surface area contributed by atoms with Gasteiger partial charge in [-0.05, 0) is 43.4 Å². The molecular formula is C21H37IN4O. The minimum atomic E-state index is 0. The average molecular weight is 488 g/mol. The van der Waals surface area contributed by atoms with Gasteiger partial charge in [0, 0.05) is 39.3 Å². The van der Waals surface area contributed by atoms with Crippen LogP contribution in [0.2, 0.25) is 0 Å². The number of aliphatic imine (C=N–C) groups is 1. The van der Waals surface area contributed by atoms with Crippen LogP contribution in [0, 0.1) is 5.92 Å². The average Bonchev–Trinajstić information content (AvgIpc) is 2.60. The second-order valence-corrected chi connectivity index (χ2v) is 7.52. The first-order valence-electron chi connectivity index (χ1n) is 9.61. The van der Waals surface area contributed by atoms with Crippen LogP contribution < -0.4 is 10.6 Å². The molecule has 0 heterocycles. The summed E-state index contributed by atoms with van der Waals surface area (Å²) < 4.78 is 0. The lowest BCUT2D eigenvalue weighted by atomic mass is 10.0. The van der Waals surface area contributed by atoms with E-state index in [1.165, 1.54) is 12.8 Å². The van der Waals surface area contributed by atoms with Gasteiger partial charge in [-0.25, -0.2) is 0 Å². The highest BCUT2D eigenvalue weighted by Crippen LogP contribution is 2.09. The van der Waals surface area contributed by atoms with Crippen molar-refractivity contribution in [2.24, 2.45) is 10.9 Å². The van der Waals surface area contributed by atoms with Crippen molar-refractivity contribution in [3.05, 3.63) is 35.4 Å². The molecule has 1 unspecified atom stereocenters. The number of carbonyl (C=O) groups is 1. The van der Waals surface area contributed by atoms with Gasteiger partial charge in [0.25, 0.3) is 5.91 Å². The van der Waals surface area contributed by atoms with Gasteiger partial charge in [0.2, 0.25) is 0 Å². The van der Waals surface area contributed by atoms with Gasteiger partial charge in [-0.15, -0.1) is 24.0 Å². The number of amides is 1. The molecule has 1 rings (SSSR count). The molecule has 1 aromatic carbocycles. The summed E-state index contributed by atoms with van der Waals surface area (Å²) >= 11 is 0. The molecule has 1 atom stereocenters. The van der Waals surface area contributed by atoms with E-state index in [2.05, 4.69) is 42.5 Å². The summed E-state index contributed by atoms with van der Waals surface area (Å²) in [5.41, 5.74) is 1.87. The second kappa shape index (κ2) is 13.8. The summed E-state index contributed by atoms with van der Waals surface area (Å²) in [7, 11) is 5.34. The molecule has 0 saturated carbocycles. The van der Waals surface area contributed by atoms with Crippen LogP contribution in [0.3, 0.4) is 0 Å². The highest BCUT2D eigenvalue weighted by Gasteiger charge is 2.09. The molecule has 0 saturated heterocycles. The van der Waals surface area contributed by atoms with E-state index in [1.807, 2.05) is 18.2 Å². The second-order valence-electron chi connectivity index (χ2n) is 7.52. The van der Waals surface area contributed by atoms with Crippen LogP contribution in [0.5, 0.6) is 0 Å². The Hall–Kier alpha value is -1.31. The molecule has 6 heteroatoms. The summed E-state index contributed by atoms with van der Waals surface area (Å²) in [6.45, 7) is 7.50. The van der Waals surface area contributed by atoms with Gasteiger partial charge in [0.1, 0.15) is 0 Å². The Balaban J connectivity index is 0.00000676. The fourth-order valence-corrected chi connectivity index (χ4v) is 2.78. The third-order valence-electron chi connectivity index (χ3n) is 4.31. The lowest BCUT2D eigenvalue weighted by Crippen LogP contribution is -2.42. The third-order valence-corrected chi connectivity index (χ3v) is 4.31. The Labute approximate surface area is 182 Å². The minimum absolute atomic E-state index is 0. The zero-order valence-corrected chi connectivity index (χ0v) is 20.0. The number of halogens is 1. The van der Waals surface area contributed by atoms with Crippen molar-refractivity contribution in [1.82, 2.24) is 15.5 Å². The summed E-state index contributed by atoms with van der Waals surface area (Å²) in [6, 6.07) is 8.23. The van der Waals surface area contributed by atoms with Gasteiger partial charge >= 0.3 is 0 Å². The highest BCUT2D eigenvalue weighted by atomic mass is 127. The number of nitrogens with one attached hydrogen (secondary N) is 2. The molecule has 2 N–H and O–H groups in total. The Kier molecular flexibility index (Phi) is 13.1. The van der Waals surface area contributed by atoms with Crippen LogP contribution in [-0.2, 0) is 6.42 Å². The van der Waals surface area contributed by atoms with E-state index in [9.17, 15) is 4.79 Å². The van der Waals surface area contributed by atoms with Crippen molar-refractivity contribution < 1.29 is 4.79 Å². The first-order valence-corrected chi connectivity index (χ1v) is 9.61. The molecule has 0 spiro atoms. The van der Waals surface area contributed by atoms with Crippen molar-refractivity contribution >= 4 is 35.8 Å². The molecule has 0 fully saturated rings. The van der Waals surface area contributed by atoms with Crippen molar-refractivity contribution in [3.8, 4) is 0 Å². The van der Waals surface area contributed by atoms with Gasteiger partial charge in [-0.1, -0.05) is 38.8 Å². The van der Waals surface area contributed by atoms with Crippen molar-refractivity contribution in [2.45, 2.75) is 52.5 Å². The normalized spacial score (nSPS) is 12.3. The molecule has 0 aliphatic carbocycles. The maximum Gasteiger partial charge on any atom is 0.253 e. The lowest BCUT2D eigenvalue weighted by Gasteiger charge is -2.18. The van der Waals surface area contributed by atoms with Gasteiger partial charge in [-0.3, -0.25) is 9.79 Å². The van der Waals surface area contributed by atoms with E-state index in [0.717, 1.165) is 42.4 Å². The Morgan fingerprint density at radius 1 is 1.19 bits per heavy atom. The number of hydrogen-bond acceptors (Lipinski definition) is 2. The maximum atomic E-state index is 12.1. The number of carbonyl (C=O) groups excluding carboxylic acids is 1. The van der Waals surface area contributed by atoms with E-state index in [0.29, 0.717) is 6.04 Å². The molecule has 0 aliphatic heterocycles. The summed E-state index contributed by atoms with van der Waals surface area (Å²) in [5.74, 6) is 1.63. The molecule has 1 aromatic rings. The quantitative estimate of drug-likeness (QED) is 0.315. The molecule has 1 amide bonds. The summed E-state index contributed by atoms with van der Waals surface area (Å²) in [5, 5.41) is 6.81. The number of rotatable bonds is 9. The molecule has 0 aromatic heterocycles. The fraction of sp³-hybridized carbons (Fsp3) is 0.619. The van der Waals surface area contributed by atoms with Crippen molar-refractivity contribution in [1.29, 1.82) is 0 Å². The molecule has 0 bridgehead atoms. The van der Waals surface area contributed by atoms with Crippen LogP contribution in [0.1, 0.15) is 56.0 Å². The van der Waals surface area contributed by atoms with Crippen molar-refractivity contribution in [2.75, 3.05) is 27.7 Å². The predicted octanol–water partition coefficient (Wildman–Crippen LogP) is 3.93. The summed E-state index contributed by atoms with van der Waals surface area (Å²) in [4.78, 5) is 18.0. The fourth-order valence-electron chi connectivity index (χ4n) is 2.78. The van der Waals surface area contributed by atoms with Crippen molar-refractivity contribution in [3.63, 3.8) is 0 Å². The third kappa shape index (κ3) is 10.6. The van der Waals surface area contributed by atoms with E-state index >= 15 is 0 Å². The number of hydrogen-bond donors (Lipinski definition) is 2. The molecular weight excluding hydrogens is 451 g/mol. The Morgan fingerprint density at radius 2 is 1.89 bits per heavy atom. The van der Waals surface area contributed by atoms with Gasteiger partial charge in [0.15, 0.2) is 5.96 Å². The van der Waals surface area contributed by atoms with E-state index in [1.54, 1.807) is 26.0 Å². The molecule has 0 aliphatic rings. The van der Waals surface area contributed by atoms with Crippen LogP contribution in [-0.4, -0.2) is 50.5 Å². The van der Waals surface area contributed by atoms with Gasteiger partial charge in [-0.2, -0.15) is 0 Å². The monoisotopic (exact) mass is 488 g/mol. The highest BCUT2D eigenvalue weighted by molar-refractivity contribution is 14.0. The first-order chi connectivity index (χ1) is 12.3. The minimum Gasteiger partial charge on any atom is -0.356 e. The maximum absolute atomic E-state index is 12.1. The Bertz CT molecular complexity index is 587. The largest absolute Gasteiger partial charge is 0.356 e. The van der Waals surface area contributed by atoms with Crippen LogP contribution >= 0.6 is 24.0 Å². The van der Waals surface area contributed by atoms with Crippen LogP contribution in [0.4, 0.5) is 0 Å². The van der Waals surface area contributed by atoms with E-state index < -0.39 is 0 Å². The predicted molar refractivity (Wildman–Crippen MR) is 126 cm³/mol. The van der Waals surface area contributed by atoms with E-state index in [4.69, 9.17) is 0 Å². The zero-order chi connectivity index (χ0) is 19.5. The number of guanidine groups is 1. The number of nitrogens with zero attached hydrogens (tertiary/aromatic N) is 2. The Morgan fingerprint density at radius 3 is 2.48 bits per heavy atom. The first kappa shape index (κ1) is 25.7. The molecule has 5 nitrogen and oxygen atoms in total. The number of benzene rings is 1. The SMILES string of the molecule is CN=C(NCCc1cccc(C(=O)N(C)C)c1)NC(C)CCCC(C)C.I. The van der Waals surface area contributed by atoms with Crippen LogP contribution in [0.15, 0.2) is 29.3 Å². The van der Waals surface area contributed by atoms with Gasteiger partial charge in [0.05, 0.1) is 0 Å². The zero-order valence-electron chi connectivity index (χ0n) is 17.7. The summed E-state index contributed by atoms with van der Waals surface area (Å²) in [6.07, 6.45) is 4.49. The lowest BCUT2D eigenvalue weighted by molar-refractivity contribution is 0.0827. The molecule has 0 radical (unpaired) electrons.